The number of ether oxygens (including phenoxy) is 2. The lowest BCUT2D eigenvalue weighted by Gasteiger charge is -2.27. The van der Waals surface area contributed by atoms with Gasteiger partial charge in [0, 0.05) is 28.3 Å². The van der Waals surface area contributed by atoms with E-state index in [0.717, 1.165) is 45.0 Å². The average molecular weight is 550 g/mol. The van der Waals surface area contributed by atoms with Gasteiger partial charge in [0.25, 0.3) is 5.91 Å². The first-order chi connectivity index (χ1) is 19.5. The third-order valence-electron chi connectivity index (χ3n) is 7.25. The van der Waals surface area contributed by atoms with Crippen LogP contribution in [0.5, 0.6) is 11.5 Å². The Morgan fingerprint density at radius 1 is 0.900 bits per heavy atom. The zero-order valence-electron chi connectivity index (χ0n) is 22.2. The minimum atomic E-state index is -0.322. The van der Waals surface area contributed by atoms with Gasteiger partial charge in [-0.25, -0.2) is 0 Å². The van der Waals surface area contributed by atoms with Crippen LogP contribution in [-0.4, -0.2) is 28.1 Å². The van der Waals surface area contributed by atoms with Crippen LogP contribution in [0, 0.1) is 6.92 Å². The van der Waals surface area contributed by atoms with Gasteiger partial charge in [0.2, 0.25) is 0 Å². The fraction of sp³-hybridized carbons (Fsp3) is 0.152. The number of aromatic amines is 1. The zero-order valence-corrected chi connectivity index (χ0v) is 23.0. The highest BCUT2D eigenvalue weighted by atomic mass is 35.5. The Labute approximate surface area is 238 Å². The molecule has 6 nitrogen and oxygen atoms in total. The number of nitrogens with zero attached hydrogens (tertiary/aromatic N) is 2. The number of carbonyl (C=O) groups is 1. The maximum Gasteiger partial charge on any atom is 0.273 e. The predicted octanol–water partition coefficient (Wildman–Crippen LogP) is 7.37. The number of hydrogen-bond donors (Lipinski definition) is 1. The van der Waals surface area contributed by atoms with Gasteiger partial charge in [0.1, 0.15) is 23.8 Å². The van der Waals surface area contributed by atoms with Gasteiger partial charge >= 0.3 is 0 Å². The van der Waals surface area contributed by atoms with Crippen molar-refractivity contribution in [2.45, 2.75) is 26.1 Å². The van der Waals surface area contributed by atoms with E-state index in [1.807, 2.05) is 77.7 Å². The molecule has 1 atom stereocenters. The van der Waals surface area contributed by atoms with Crippen molar-refractivity contribution in [3.8, 4) is 22.8 Å². The fourth-order valence-corrected chi connectivity index (χ4v) is 5.28. The van der Waals surface area contributed by atoms with Gasteiger partial charge < -0.3 is 14.4 Å². The molecular formula is C33H28ClN3O3. The molecule has 0 fully saturated rings. The molecule has 1 aliphatic rings. The average Bonchev–Trinajstić information content (AvgIpc) is 3.53. The molecular weight excluding hydrogens is 522 g/mol. The first-order valence-electron chi connectivity index (χ1n) is 13.1. The van der Waals surface area contributed by atoms with Crippen LogP contribution in [0.25, 0.3) is 11.3 Å². The van der Waals surface area contributed by atoms with Crippen molar-refractivity contribution in [3.63, 3.8) is 0 Å². The van der Waals surface area contributed by atoms with Gasteiger partial charge in [-0.15, -0.1) is 0 Å². The Morgan fingerprint density at radius 2 is 1.60 bits per heavy atom. The number of H-pyrrole nitrogens is 1. The first-order valence-corrected chi connectivity index (χ1v) is 13.4. The molecule has 200 valence electrons. The number of aryl methyl sites for hydroxylation is 1. The smallest absolute Gasteiger partial charge is 0.273 e. The van der Waals surface area contributed by atoms with E-state index in [4.69, 9.17) is 21.1 Å². The number of fused-ring (bicyclic) bond motifs is 1. The number of carbonyl (C=O) groups excluding carboxylic acids is 1. The molecule has 0 radical (unpaired) electrons. The van der Waals surface area contributed by atoms with E-state index in [1.165, 1.54) is 5.56 Å². The minimum Gasteiger partial charge on any atom is -0.497 e. The summed E-state index contributed by atoms with van der Waals surface area (Å²) in [4.78, 5) is 15.7. The monoisotopic (exact) mass is 549 g/mol. The molecule has 0 saturated heterocycles. The molecule has 1 aliphatic heterocycles. The van der Waals surface area contributed by atoms with Crippen molar-refractivity contribution in [2.75, 3.05) is 7.11 Å². The van der Waals surface area contributed by atoms with Crippen LogP contribution in [-0.2, 0) is 13.2 Å². The van der Waals surface area contributed by atoms with E-state index >= 15 is 0 Å². The number of methoxy groups -OCH3 is 1. The van der Waals surface area contributed by atoms with E-state index in [-0.39, 0.29) is 11.9 Å². The largest absolute Gasteiger partial charge is 0.497 e. The molecule has 0 aliphatic carbocycles. The second-order valence-corrected chi connectivity index (χ2v) is 10.3. The highest BCUT2D eigenvalue weighted by Crippen LogP contribution is 2.44. The molecule has 1 unspecified atom stereocenters. The number of amides is 1. The van der Waals surface area contributed by atoms with E-state index in [0.29, 0.717) is 23.9 Å². The lowest BCUT2D eigenvalue weighted by Crippen LogP contribution is -2.29. The number of benzene rings is 4. The van der Waals surface area contributed by atoms with Crippen molar-refractivity contribution in [3.05, 3.63) is 136 Å². The Balaban J connectivity index is 1.35. The van der Waals surface area contributed by atoms with Crippen LogP contribution in [0.2, 0.25) is 5.02 Å². The Hall–Kier alpha value is -4.55. The second-order valence-electron chi connectivity index (χ2n) is 9.86. The number of aromatic nitrogens is 2. The summed E-state index contributed by atoms with van der Waals surface area (Å²) < 4.78 is 11.4. The SMILES string of the molecule is COc1ccc(-c2n[nH]c3c2C(c2ccc(OCc4ccccc4Cl)cc2)N(Cc2ccc(C)cc2)C3=O)cc1. The normalized spacial score (nSPS) is 14.3. The lowest BCUT2D eigenvalue weighted by atomic mass is 9.95. The summed E-state index contributed by atoms with van der Waals surface area (Å²) in [5.41, 5.74) is 7.18. The molecule has 5 aromatic rings. The van der Waals surface area contributed by atoms with Gasteiger partial charge in [-0.2, -0.15) is 5.10 Å². The Bertz CT molecular complexity index is 1640. The zero-order chi connectivity index (χ0) is 27.6. The van der Waals surface area contributed by atoms with Crippen LogP contribution in [0.4, 0.5) is 0 Å². The molecule has 0 spiro atoms. The maximum atomic E-state index is 13.8. The van der Waals surface area contributed by atoms with Gasteiger partial charge in [-0.3, -0.25) is 9.89 Å². The molecule has 1 aromatic heterocycles. The van der Waals surface area contributed by atoms with Crippen LogP contribution >= 0.6 is 11.6 Å². The maximum absolute atomic E-state index is 13.8. The van der Waals surface area contributed by atoms with Gasteiger partial charge in [-0.05, 0) is 60.5 Å². The topological polar surface area (TPSA) is 67.5 Å². The van der Waals surface area contributed by atoms with E-state index in [9.17, 15) is 4.79 Å². The summed E-state index contributed by atoms with van der Waals surface area (Å²) in [5, 5.41) is 8.29. The molecule has 2 heterocycles. The number of nitrogens with one attached hydrogen (secondary N) is 1. The summed E-state index contributed by atoms with van der Waals surface area (Å²) >= 11 is 6.29. The summed E-state index contributed by atoms with van der Waals surface area (Å²) in [6.45, 7) is 2.90. The van der Waals surface area contributed by atoms with Crippen LogP contribution in [0.15, 0.2) is 97.1 Å². The van der Waals surface area contributed by atoms with Gasteiger partial charge in [-0.1, -0.05) is 71.8 Å². The van der Waals surface area contributed by atoms with Crippen molar-refractivity contribution in [1.29, 1.82) is 0 Å². The first kappa shape index (κ1) is 25.7. The minimum absolute atomic E-state index is 0.0770. The third kappa shape index (κ3) is 4.94. The summed E-state index contributed by atoms with van der Waals surface area (Å²) in [6, 6.07) is 31.2. The Kier molecular flexibility index (Phi) is 7.01. The lowest BCUT2D eigenvalue weighted by molar-refractivity contribution is 0.0730. The number of hydrogen-bond acceptors (Lipinski definition) is 4. The van der Waals surface area contributed by atoms with Crippen molar-refractivity contribution >= 4 is 17.5 Å². The van der Waals surface area contributed by atoms with Gasteiger partial charge in [0.15, 0.2) is 0 Å². The van der Waals surface area contributed by atoms with Crippen LogP contribution < -0.4 is 9.47 Å². The number of rotatable bonds is 8. The molecule has 40 heavy (non-hydrogen) atoms. The quantitative estimate of drug-likeness (QED) is 0.219. The van der Waals surface area contributed by atoms with Gasteiger partial charge in [0.05, 0.1) is 18.8 Å². The summed E-state index contributed by atoms with van der Waals surface area (Å²) in [5.74, 6) is 1.41. The van der Waals surface area contributed by atoms with Crippen LogP contribution in [0.1, 0.15) is 44.3 Å². The van der Waals surface area contributed by atoms with E-state index in [1.54, 1.807) is 7.11 Å². The molecule has 1 amide bonds. The second kappa shape index (κ2) is 10.9. The predicted molar refractivity (Wildman–Crippen MR) is 156 cm³/mol. The molecule has 7 heteroatoms. The Morgan fingerprint density at radius 3 is 2.30 bits per heavy atom. The molecule has 4 aromatic carbocycles. The number of halogens is 1. The fourth-order valence-electron chi connectivity index (χ4n) is 5.09. The summed E-state index contributed by atoms with van der Waals surface area (Å²) in [6.07, 6.45) is 0. The van der Waals surface area contributed by atoms with Crippen molar-refractivity contribution in [2.24, 2.45) is 0 Å². The summed E-state index contributed by atoms with van der Waals surface area (Å²) in [7, 11) is 1.64. The molecule has 0 saturated carbocycles. The van der Waals surface area contributed by atoms with Crippen LogP contribution in [0.3, 0.4) is 0 Å². The standard InChI is InChI=1S/C33H28ClN3O3/c1-21-7-9-22(10-8-21)19-37-32(24-13-17-27(18-14-24)40-20-25-5-3-4-6-28(25)34)29-30(35-36-31(29)33(37)38)23-11-15-26(39-2)16-12-23/h3-18,32H,19-20H2,1-2H3,(H,35,36). The third-order valence-corrected chi connectivity index (χ3v) is 7.62. The van der Waals surface area contributed by atoms with E-state index in [2.05, 4.69) is 41.4 Å². The highest BCUT2D eigenvalue weighted by molar-refractivity contribution is 6.31. The molecule has 0 bridgehead atoms. The van der Waals surface area contributed by atoms with Crippen molar-refractivity contribution < 1.29 is 14.3 Å². The van der Waals surface area contributed by atoms with Crippen molar-refractivity contribution in [1.82, 2.24) is 15.1 Å². The molecule has 6 rings (SSSR count). The highest BCUT2D eigenvalue weighted by Gasteiger charge is 2.42. The molecule has 1 N–H and O–H groups in total. The van der Waals surface area contributed by atoms with E-state index < -0.39 is 0 Å².